The van der Waals surface area contributed by atoms with E-state index in [9.17, 15) is 4.79 Å². The summed E-state index contributed by atoms with van der Waals surface area (Å²) in [5, 5.41) is 9.39. The van der Waals surface area contributed by atoms with Crippen LogP contribution in [0.15, 0.2) is 36.5 Å². The minimum atomic E-state index is -0.0237. The molecule has 0 bridgehead atoms. The highest BCUT2D eigenvalue weighted by Crippen LogP contribution is 2.06. The van der Waals surface area contributed by atoms with Gasteiger partial charge in [-0.15, -0.1) is 0 Å². The van der Waals surface area contributed by atoms with Crippen molar-refractivity contribution < 1.29 is 4.79 Å². The highest BCUT2D eigenvalue weighted by Gasteiger charge is 2.03. The van der Waals surface area contributed by atoms with Crippen LogP contribution >= 0.6 is 0 Å². The van der Waals surface area contributed by atoms with Crippen LogP contribution in [0.1, 0.15) is 11.3 Å². The van der Waals surface area contributed by atoms with Gasteiger partial charge in [-0.1, -0.05) is 12.1 Å². The van der Waals surface area contributed by atoms with E-state index in [1.165, 1.54) is 0 Å². The third-order valence-electron chi connectivity index (χ3n) is 2.38. The monoisotopic (exact) mass is 230 g/mol. The Balaban J connectivity index is 1.83. The second-order valence-electron chi connectivity index (χ2n) is 3.78. The second kappa shape index (κ2) is 5.16. The van der Waals surface area contributed by atoms with Gasteiger partial charge in [-0.2, -0.15) is 5.10 Å². The zero-order chi connectivity index (χ0) is 12.1. The van der Waals surface area contributed by atoms with Crippen molar-refractivity contribution in [3.63, 3.8) is 0 Å². The van der Waals surface area contributed by atoms with Crippen LogP contribution in [0.5, 0.6) is 0 Å². The molecular formula is C12H14N4O. The number of aromatic nitrogens is 2. The van der Waals surface area contributed by atoms with E-state index in [1.807, 2.05) is 18.2 Å². The molecule has 2 rings (SSSR count). The Labute approximate surface area is 99.0 Å². The topological polar surface area (TPSA) is 83.8 Å². The minimum absolute atomic E-state index is 0.0237. The quantitative estimate of drug-likeness (QED) is 0.681. The summed E-state index contributed by atoms with van der Waals surface area (Å²) in [5.41, 5.74) is 8.10. The summed E-state index contributed by atoms with van der Waals surface area (Å²) in [5.74, 6) is -0.0237. The van der Waals surface area contributed by atoms with Crippen molar-refractivity contribution in [3.05, 3.63) is 47.8 Å². The number of hydrogen-bond acceptors (Lipinski definition) is 3. The van der Waals surface area contributed by atoms with Gasteiger partial charge >= 0.3 is 0 Å². The van der Waals surface area contributed by atoms with Crippen molar-refractivity contribution in [2.45, 2.75) is 13.0 Å². The molecule has 1 aromatic heterocycles. The summed E-state index contributed by atoms with van der Waals surface area (Å²) < 4.78 is 0. The van der Waals surface area contributed by atoms with E-state index < -0.39 is 0 Å². The number of anilines is 1. The smallest absolute Gasteiger partial charge is 0.224 e. The molecule has 0 spiro atoms. The fourth-order valence-corrected chi connectivity index (χ4v) is 1.46. The fraction of sp³-hybridized carbons (Fsp3) is 0.167. The largest absolute Gasteiger partial charge is 0.399 e. The Bertz CT molecular complexity index is 476. The van der Waals surface area contributed by atoms with E-state index in [0.29, 0.717) is 18.7 Å². The summed E-state index contributed by atoms with van der Waals surface area (Å²) >= 11 is 0. The highest BCUT2D eigenvalue weighted by atomic mass is 16.1. The minimum Gasteiger partial charge on any atom is -0.399 e. The normalized spacial score (nSPS) is 10.1. The zero-order valence-corrected chi connectivity index (χ0v) is 9.31. The molecule has 0 saturated carbocycles. The second-order valence-corrected chi connectivity index (χ2v) is 3.78. The van der Waals surface area contributed by atoms with Crippen LogP contribution in [0.2, 0.25) is 0 Å². The molecule has 1 amide bonds. The van der Waals surface area contributed by atoms with Crippen LogP contribution < -0.4 is 11.1 Å². The molecular weight excluding hydrogens is 216 g/mol. The van der Waals surface area contributed by atoms with E-state index >= 15 is 0 Å². The summed E-state index contributed by atoms with van der Waals surface area (Å²) in [7, 11) is 0. The first-order valence-corrected chi connectivity index (χ1v) is 5.33. The van der Waals surface area contributed by atoms with Gasteiger partial charge in [0, 0.05) is 11.9 Å². The molecule has 0 atom stereocenters. The standard InChI is InChI=1S/C12H14N4O/c13-10-3-1-9(2-4-10)7-12(17)14-8-11-5-6-15-16-11/h1-6H,7-8,13H2,(H,14,17)(H,15,16). The summed E-state index contributed by atoms with van der Waals surface area (Å²) in [4.78, 5) is 11.6. The molecule has 0 aliphatic rings. The van der Waals surface area contributed by atoms with Crippen LogP contribution in [0.25, 0.3) is 0 Å². The van der Waals surface area contributed by atoms with E-state index in [2.05, 4.69) is 15.5 Å². The molecule has 0 radical (unpaired) electrons. The number of nitrogens with zero attached hydrogens (tertiary/aromatic N) is 1. The van der Waals surface area contributed by atoms with E-state index in [0.717, 1.165) is 11.3 Å². The van der Waals surface area contributed by atoms with Crippen LogP contribution in [0.4, 0.5) is 5.69 Å². The maximum atomic E-state index is 11.6. The lowest BCUT2D eigenvalue weighted by Crippen LogP contribution is -2.24. The third-order valence-corrected chi connectivity index (χ3v) is 2.38. The lowest BCUT2D eigenvalue weighted by atomic mass is 10.1. The number of nitrogens with one attached hydrogen (secondary N) is 2. The van der Waals surface area contributed by atoms with Gasteiger partial charge in [0.15, 0.2) is 0 Å². The lowest BCUT2D eigenvalue weighted by molar-refractivity contribution is -0.120. The van der Waals surface area contributed by atoms with Crippen LogP contribution in [-0.2, 0) is 17.8 Å². The Hall–Kier alpha value is -2.30. The van der Waals surface area contributed by atoms with Crippen LogP contribution in [0, 0.1) is 0 Å². The molecule has 17 heavy (non-hydrogen) atoms. The first-order valence-electron chi connectivity index (χ1n) is 5.33. The number of carbonyl (C=O) groups excluding carboxylic acids is 1. The zero-order valence-electron chi connectivity index (χ0n) is 9.31. The van der Waals surface area contributed by atoms with Crippen molar-refractivity contribution >= 4 is 11.6 Å². The molecule has 0 unspecified atom stereocenters. The predicted molar refractivity (Wildman–Crippen MR) is 65.0 cm³/mol. The summed E-state index contributed by atoms with van der Waals surface area (Å²) in [6.07, 6.45) is 2.01. The number of carbonyl (C=O) groups is 1. The van der Waals surface area contributed by atoms with E-state index in [-0.39, 0.29) is 5.91 Å². The van der Waals surface area contributed by atoms with Gasteiger partial charge < -0.3 is 11.1 Å². The average Bonchev–Trinajstić information content (AvgIpc) is 2.83. The van der Waals surface area contributed by atoms with Gasteiger partial charge in [-0.25, -0.2) is 0 Å². The van der Waals surface area contributed by atoms with E-state index in [4.69, 9.17) is 5.73 Å². The van der Waals surface area contributed by atoms with Gasteiger partial charge in [0.05, 0.1) is 18.7 Å². The predicted octanol–water partition coefficient (Wildman–Crippen LogP) is 0.851. The molecule has 5 nitrogen and oxygen atoms in total. The van der Waals surface area contributed by atoms with Crippen molar-refractivity contribution in [3.8, 4) is 0 Å². The number of benzene rings is 1. The van der Waals surface area contributed by atoms with Crippen molar-refractivity contribution in [2.75, 3.05) is 5.73 Å². The molecule has 0 fully saturated rings. The number of aromatic amines is 1. The first-order chi connectivity index (χ1) is 8.24. The molecule has 4 N–H and O–H groups in total. The number of amides is 1. The van der Waals surface area contributed by atoms with Crippen molar-refractivity contribution in [1.82, 2.24) is 15.5 Å². The Morgan fingerprint density at radius 1 is 1.29 bits per heavy atom. The van der Waals surface area contributed by atoms with Gasteiger partial charge in [-0.3, -0.25) is 9.89 Å². The van der Waals surface area contributed by atoms with Gasteiger partial charge in [0.25, 0.3) is 0 Å². The fourth-order valence-electron chi connectivity index (χ4n) is 1.46. The average molecular weight is 230 g/mol. The Morgan fingerprint density at radius 3 is 2.71 bits per heavy atom. The number of H-pyrrole nitrogens is 1. The molecule has 0 saturated heterocycles. The van der Waals surface area contributed by atoms with Crippen LogP contribution in [0.3, 0.4) is 0 Å². The molecule has 88 valence electrons. The summed E-state index contributed by atoms with van der Waals surface area (Å²) in [6, 6.07) is 9.11. The SMILES string of the molecule is Nc1ccc(CC(=O)NCc2ccn[nH]2)cc1. The molecule has 1 heterocycles. The van der Waals surface area contributed by atoms with Crippen LogP contribution in [-0.4, -0.2) is 16.1 Å². The molecule has 5 heteroatoms. The van der Waals surface area contributed by atoms with Gasteiger partial charge in [0.2, 0.25) is 5.91 Å². The lowest BCUT2D eigenvalue weighted by Gasteiger charge is -2.04. The number of rotatable bonds is 4. The molecule has 0 aliphatic heterocycles. The first kappa shape index (κ1) is 11.2. The Morgan fingerprint density at radius 2 is 2.06 bits per heavy atom. The third kappa shape index (κ3) is 3.34. The summed E-state index contributed by atoms with van der Waals surface area (Å²) in [6.45, 7) is 0.466. The molecule has 1 aromatic carbocycles. The van der Waals surface area contributed by atoms with Crippen molar-refractivity contribution in [2.24, 2.45) is 0 Å². The number of hydrogen-bond donors (Lipinski definition) is 3. The van der Waals surface area contributed by atoms with Gasteiger partial charge in [-0.05, 0) is 23.8 Å². The molecule has 0 aliphatic carbocycles. The number of nitrogens with two attached hydrogens (primary N) is 1. The van der Waals surface area contributed by atoms with Gasteiger partial charge in [0.1, 0.15) is 0 Å². The maximum absolute atomic E-state index is 11.6. The number of nitrogen functional groups attached to an aromatic ring is 1. The maximum Gasteiger partial charge on any atom is 0.224 e. The highest BCUT2D eigenvalue weighted by molar-refractivity contribution is 5.78. The Kier molecular flexibility index (Phi) is 3.40. The van der Waals surface area contributed by atoms with E-state index in [1.54, 1.807) is 18.3 Å². The molecule has 2 aromatic rings. The van der Waals surface area contributed by atoms with Crippen molar-refractivity contribution in [1.29, 1.82) is 0 Å².